The lowest BCUT2D eigenvalue weighted by Gasteiger charge is -2.30. The highest BCUT2D eigenvalue weighted by atomic mass is 16.2. The third-order valence-electron chi connectivity index (χ3n) is 4.51. The molecule has 1 aliphatic rings. The molecule has 7 heteroatoms. The Labute approximate surface area is 140 Å². The molecular formula is C17H21N5O2. The second-order valence-corrected chi connectivity index (χ2v) is 6.19. The molecule has 3 rings (SSSR count). The first-order chi connectivity index (χ1) is 11.4. The van der Waals surface area contributed by atoms with E-state index in [1.165, 1.54) is 0 Å². The number of nitrogens with one attached hydrogen (secondary N) is 1. The van der Waals surface area contributed by atoms with Gasteiger partial charge in [-0.1, -0.05) is 0 Å². The van der Waals surface area contributed by atoms with Gasteiger partial charge < -0.3 is 16.0 Å². The minimum Gasteiger partial charge on any atom is -0.369 e. The first-order valence-electron chi connectivity index (χ1n) is 8.04. The molecule has 2 heterocycles. The summed E-state index contributed by atoms with van der Waals surface area (Å²) in [4.78, 5) is 34.2. The van der Waals surface area contributed by atoms with Crippen LogP contribution in [-0.4, -0.2) is 39.9 Å². The lowest BCUT2D eigenvalue weighted by atomic mass is 9.96. The number of primary amides is 1. The number of fused-ring (bicyclic) bond motifs is 1. The van der Waals surface area contributed by atoms with Crippen LogP contribution in [0.5, 0.6) is 0 Å². The fourth-order valence-corrected chi connectivity index (χ4v) is 2.88. The maximum absolute atomic E-state index is 12.4. The highest BCUT2D eigenvalue weighted by molar-refractivity contribution is 5.92. The van der Waals surface area contributed by atoms with E-state index in [2.05, 4.69) is 15.3 Å². The average molecular weight is 327 g/mol. The lowest BCUT2D eigenvalue weighted by molar-refractivity contribution is -0.122. The summed E-state index contributed by atoms with van der Waals surface area (Å²) in [5.74, 6) is -0.412. The SMILES string of the molecule is Cc1nc2ccc(NC(=O)N3CCC(C(N)=O)CC3)cc2nc1C. The van der Waals surface area contributed by atoms with Crippen molar-refractivity contribution in [2.45, 2.75) is 26.7 Å². The van der Waals surface area contributed by atoms with Gasteiger partial charge in [0, 0.05) is 24.7 Å². The molecule has 0 unspecified atom stereocenters. The van der Waals surface area contributed by atoms with Gasteiger partial charge in [-0.15, -0.1) is 0 Å². The maximum Gasteiger partial charge on any atom is 0.321 e. The number of nitrogens with two attached hydrogens (primary N) is 1. The first-order valence-corrected chi connectivity index (χ1v) is 8.04. The largest absolute Gasteiger partial charge is 0.369 e. The summed E-state index contributed by atoms with van der Waals surface area (Å²) in [6.45, 7) is 4.90. The number of hydrogen-bond acceptors (Lipinski definition) is 4. The molecule has 24 heavy (non-hydrogen) atoms. The van der Waals surface area contributed by atoms with Crippen molar-refractivity contribution in [2.24, 2.45) is 11.7 Å². The van der Waals surface area contributed by atoms with E-state index in [0.29, 0.717) is 31.6 Å². The van der Waals surface area contributed by atoms with E-state index in [1.807, 2.05) is 32.0 Å². The van der Waals surface area contributed by atoms with Crippen molar-refractivity contribution in [2.75, 3.05) is 18.4 Å². The van der Waals surface area contributed by atoms with Crippen LogP contribution in [0.15, 0.2) is 18.2 Å². The minimum atomic E-state index is -0.283. The quantitative estimate of drug-likeness (QED) is 0.880. The Hall–Kier alpha value is -2.70. The second kappa shape index (κ2) is 6.43. The van der Waals surface area contributed by atoms with E-state index >= 15 is 0 Å². The van der Waals surface area contributed by atoms with Gasteiger partial charge in [-0.3, -0.25) is 4.79 Å². The third-order valence-corrected chi connectivity index (χ3v) is 4.51. The smallest absolute Gasteiger partial charge is 0.321 e. The summed E-state index contributed by atoms with van der Waals surface area (Å²) >= 11 is 0. The lowest BCUT2D eigenvalue weighted by Crippen LogP contribution is -2.43. The number of likely N-dealkylation sites (tertiary alicyclic amines) is 1. The Morgan fingerprint density at radius 1 is 1.12 bits per heavy atom. The van der Waals surface area contributed by atoms with Crippen molar-refractivity contribution in [1.82, 2.24) is 14.9 Å². The topological polar surface area (TPSA) is 101 Å². The zero-order chi connectivity index (χ0) is 17.3. The van der Waals surface area contributed by atoms with Crippen LogP contribution < -0.4 is 11.1 Å². The van der Waals surface area contributed by atoms with Crippen LogP contribution >= 0.6 is 0 Å². The van der Waals surface area contributed by atoms with Crippen molar-refractivity contribution < 1.29 is 9.59 Å². The van der Waals surface area contributed by atoms with E-state index in [1.54, 1.807) is 4.90 Å². The summed E-state index contributed by atoms with van der Waals surface area (Å²) in [6, 6.07) is 5.32. The van der Waals surface area contributed by atoms with Crippen molar-refractivity contribution in [3.05, 3.63) is 29.6 Å². The average Bonchev–Trinajstić information content (AvgIpc) is 2.56. The third kappa shape index (κ3) is 3.29. The van der Waals surface area contributed by atoms with E-state index in [0.717, 1.165) is 22.4 Å². The van der Waals surface area contributed by atoms with E-state index in [-0.39, 0.29) is 17.9 Å². The second-order valence-electron chi connectivity index (χ2n) is 6.19. The number of urea groups is 1. The standard InChI is InChI=1S/C17H21N5O2/c1-10-11(2)20-15-9-13(3-4-14(15)19-10)21-17(24)22-7-5-12(6-8-22)16(18)23/h3-4,9,12H,5-8H2,1-2H3,(H2,18,23)(H,21,24). The molecule has 2 aromatic rings. The summed E-state index contributed by atoms with van der Waals surface area (Å²) < 4.78 is 0. The van der Waals surface area contributed by atoms with Crippen molar-refractivity contribution in [1.29, 1.82) is 0 Å². The molecule has 1 aromatic carbocycles. The van der Waals surface area contributed by atoms with Gasteiger partial charge >= 0.3 is 6.03 Å². The summed E-state index contributed by atoms with van der Waals surface area (Å²) in [7, 11) is 0. The van der Waals surface area contributed by atoms with Crippen LogP contribution in [0, 0.1) is 19.8 Å². The number of carbonyl (C=O) groups excluding carboxylic acids is 2. The molecule has 7 nitrogen and oxygen atoms in total. The molecule has 0 saturated carbocycles. The molecule has 1 fully saturated rings. The van der Waals surface area contributed by atoms with Gasteiger partial charge in [0.05, 0.1) is 22.4 Å². The van der Waals surface area contributed by atoms with Gasteiger partial charge in [0.25, 0.3) is 0 Å². The molecule has 0 bridgehead atoms. The zero-order valence-electron chi connectivity index (χ0n) is 13.9. The van der Waals surface area contributed by atoms with Crippen molar-refractivity contribution in [3.8, 4) is 0 Å². The van der Waals surface area contributed by atoms with Gasteiger partial charge in [0.2, 0.25) is 5.91 Å². The molecule has 1 aliphatic heterocycles. The number of benzene rings is 1. The predicted molar refractivity (Wildman–Crippen MR) is 91.5 cm³/mol. The van der Waals surface area contributed by atoms with Gasteiger partial charge in [-0.25, -0.2) is 14.8 Å². The molecule has 126 valence electrons. The molecule has 1 aromatic heterocycles. The van der Waals surface area contributed by atoms with E-state index < -0.39 is 0 Å². The maximum atomic E-state index is 12.4. The molecule has 1 saturated heterocycles. The number of aryl methyl sites for hydroxylation is 2. The number of amides is 3. The van der Waals surface area contributed by atoms with Crippen LogP contribution in [0.1, 0.15) is 24.2 Å². The van der Waals surface area contributed by atoms with E-state index in [4.69, 9.17) is 5.73 Å². The fourth-order valence-electron chi connectivity index (χ4n) is 2.88. The summed E-state index contributed by atoms with van der Waals surface area (Å²) in [5.41, 5.74) is 9.33. The molecule has 0 spiro atoms. The number of rotatable bonds is 2. The molecule has 3 amide bonds. The van der Waals surface area contributed by atoms with Gasteiger partial charge in [0.15, 0.2) is 0 Å². The Morgan fingerprint density at radius 2 is 1.75 bits per heavy atom. The van der Waals surface area contributed by atoms with Crippen LogP contribution in [-0.2, 0) is 4.79 Å². The van der Waals surface area contributed by atoms with E-state index in [9.17, 15) is 9.59 Å². The zero-order valence-corrected chi connectivity index (χ0v) is 13.9. The molecule has 0 aliphatic carbocycles. The normalized spacial score (nSPS) is 15.5. The Bertz CT molecular complexity index is 797. The van der Waals surface area contributed by atoms with Gasteiger partial charge in [-0.2, -0.15) is 0 Å². The van der Waals surface area contributed by atoms with Crippen molar-refractivity contribution >= 4 is 28.7 Å². The highest BCUT2D eigenvalue weighted by Gasteiger charge is 2.25. The minimum absolute atomic E-state index is 0.129. The Morgan fingerprint density at radius 3 is 2.38 bits per heavy atom. The van der Waals surface area contributed by atoms with Gasteiger partial charge in [0.1, 0.15) is 0 Å². The van der Waals surface area contributed by atoms with Crippen LogP contribution in [0.4, 0.5) is 10.5 Å². The number of anilines is 1. The summed E-state index contributed by atoms with van der Waals surface area (Å²) in [5, 5.41) is 2.88. The number of aromatic nitrogens is 2. The van der Waals surface area contributed by atoms with Crippen LogP contribution in [0.25, 0.3) is 11.0 Å². The first kappa shape index (κ1) is 16.2. The molecule has 0 radical (unpaired) electrons. The monoisotopic (exact) mass is 327 g/mol. The van der Waals surface area contributed by atoms with Crippen LogP contribution in [0.3, 0.4) is 0 Å². The molecular weight excluding hydrogens is 306 g/mol. The van der Waals surface area contributed by atoms with Gasteiger partial charge in [-0.05, 0) is 44.9 Å². The number of piperidine rings is 1. The number of carbonyl (C=O) groups is 2. The molecule has 0 atom stereocenters. The van der Waals surface area contributed by atoms with Crippen molar-refractivity contribution in [3.63, 3.8) is 0 Å². The Balaban J connectivity index is 1.69. The predicted octanol–water partition coefficient (Wildman–Crippen LogP) is 1.98. The number of nitrogens with zero attached hydrogens (tertiary/aromatic N) is 3. The molecule has 3 N–H and O–H groups in total. The number of hydrogen-bond donors (Lipinski definition) is 2. The highest BCUT2D eigenvalue weighted by Crippen LogP contribution is 2.20. The fraction of sp³-hybridized carbons (Fsp3) is 0.412. The Kier molecular flexibility index (Phi) is 4.33. The van der Waals surface area contributed by atoms with Crippen LogP contribution in [0.2, 0.25) is 0 Å². The summed E-state index contributed by atoms with van der Waals surface area (Å²) in [6.07, 6.45) is 1.23.